The maximum atomic E-state index is 11.9. The minimum atomic E-state index is -1.09. The van der Waals surface area contributed by atoms with Gasteiger partial charge in [0.1, 0.15) is 5.69 Å². The van der Waals surface area contributed by atoms with Crippen LogP contribution in [0.4, 0.5) is 0 Å². The van der Waals surface area contributed by atoms with Gasteiger partial charge in [0.15, 0.2) is 0 Å². The Morgan fingerprint density at radius 2 is 2.11 bits per heavy atom. The number of likely N-dealkylation sites (N-methyl/N-ethyl adjacent to an activating group) is 1. The first-order valence-electron chi connectivity index (χ1n) is 5.69. The first-order valence-corrected chi connectivity index (χ1v) is 5.69. The van der Waals surface area contributed by atoms with Crippen LogP contribution in [0.25, 0.3) is 0 Å². The van der Waals surface area contributed by atoms with E-state index in [1.165, 1.54) is 17.0 Å². The van der Waals surface area contributed by atoms with Crippen LogP contribution < -0.4 is 0 Å². The van der Waals surface area contributed by atoms with Gasteiger partial charge in [-0.1, -0.05) is 0 Å². The average molecular weight is 268 g/mol. The molecular formula is C12H16N2O5. The Hall–Kier alpha value is -1.99. The van der Waals surface area contributed by atoms with Gasteiger partial charge in [0.05, 0.1) is 25.4 Å². The zero-order valence-corrected chi connectivity index (χ0v) is 10.6. The van der Waals surface area contributed by atoms with E-state index in [0.717, 1.165) is 6.20 Å². The number of carbonyl (C=O) groups excluding carboxylic acids is 1. The molecule has 0 aromatic carbocycles. The summed E-state index contributed by atoms with van der Waals surface area (Å²) in [5.74, 6) is -1.40. The predicted molar refractivity (Wildman–Crippen MR) is 66.1 cm³/mol. The first kappa shape index (κ1) is 15.1. The standard InChI is InChI=1S/C12H16N2O5/c1-14(4-6-19-7-5-15)11(16)10-3-2-9(8-13-10)12(17)18/h2-3,8,15H,4-7H2,1H3,(H,17,18). The number of aliphatic hydroxyl groups excluding tert-OH is 1. The van der Waals surface area contributed by atoms with E-state index in [1.54, 1.807) is 7.05 Å². The molecule has 0 aliphatic carbocycles. The summed E-state index contributed by atoms with van der Waals surface area (Å²) in [6.45, 7) is 0.848. The lowest BCUT2D eigenvalue weighted by molar-refractivity contribution is 0.0613. The second kappa shape index (κ2) is 7.45. The summed E-state index contributed by atoms with van der Waals surface area (Å²) < 4.78 is 5.05. The molecule has 104 valence electrons. The summed E-state index contributed by atoms with van der Waals surface area (Å²) in [6.07, 6.45) is 1.14. The van der Waals surface area contributed by atoms with Crippen LogP contribution in [0.15, 0.2) is 18.3 Å². The second-order valence-electron chi connectivity index (χ2n) is 3.80. The molecule has 1 aromatic heterocycles. The molecule has 19 heavy (non-hydrogen) atoms. The van der Waals surface area contributed by atoms with Crippen molar-refractivity contribution in [1.82, 2.24) is 9.88 Å². The number of nitrogens with zero attached hydrogens (tertiary/aromatic N) is 2. The fraction of sp³-hybridized carbons (Fsp3) is 0.417. The van der Waals surface area contributed by atoms with E-state index in [9.17, 15) is 9.59 Å². The highest BCUT2D eigenvalue weighted by Gasteiger charge is 2.13. The van der Waals surface area contributed by atoms with E-state index in [2.05, 4.69) is 4.98 Å². The fourth-order valence-corrected chi connectivity index (χ4v) is 1.31. The van der Waals surface area contributed by atoms with Gasteiger partial charge in [-0.2, -0.15) is 0 Å². The number of amides is 1. The normalized spacial score (nSPS) is 10.2. The molecule has 1 heterocycles. The summed E-state index contributed by atoms with van der Waals surface area (Å²) in [7, 11) is 1.59. The van der Waals surface area contributed by atoms with Crippen LogP contribution in [0.1, 0.15) is 20.8 Å². The summed E-state index contributed by atoms with van der Waals surface area (Å²) in [5, 5.41) is 17.2. The van der Waals surface area contributed by atoms with Crippen molar-refractivity contribution in [2.75, 3.05) is 33.4 Å². The zero-order chi connectivity index (χ0) is 14.3. The van der Waals surface area contributed by atoms with Gasteiger partial charge in [-0.25, -0.2) is 4.79 Å². The molecule has 0 radical (unpaired) electrons. The van der Waals surface area contributed by atoms with Crippen LogP contribution >= 0.6 is 0 Å². The Morgan fingerprint density at radius 1 is 1.37 bits per heavy atom. The molecule has 1 amide bonds. The van der Waals surface area contributed by atoms with Crippen molar-refractivity contribution in [2.45, 2.75) is 0 Å². The van der Waals surface area contributed by atoms with E-state index in [-0.39, 0.29) is 30.4 Å². The Morgan fingerprint density at radius 3 is 2.63 bits per heavy atom. The van der Waals surface area contributed by atoms with Gasteiger partial charge in [-0.3, -0.25) is 9.78 Å². The van der Waals surface area contributed by atoms with E-state index in [4.69, 9.17) is 14.9 Å². The van der Waals surface area contributed by atoms with Crippen LogP contribution in [-0.2, 0) is 4.74 Å². The Kier molecular flexibility index (Phi) is 5.91. The number of aromatic carboxylic acids is 1. The molecule has 0 saturated heterocycles. The monoisotopic (exact) mass is 268 g/mol. The number of carboxylic acid groups (broad SMARTS) is 1. The summed E-state index contributed by atoms with van der Waals surface area (Å²) in [5.41, 5.74) is 0.208. The predicted octanol–water partition coefficient (Wildman–Crippen LogP) is -0.139. The summed E-state index contributed by atoms with van der Waals surface area (Å²) in [6, 6.07) is 2.70. The van der Waals surface area contributed by atoms with E-state index >= 15 is 0 Å². The molecule has 0 saturated carbocycles. The van der Waals surface area contributed by atoms with Crippen molar-refractivity contribution < 1.29 is 24.5 Å². The van der Waals surface area contributed by atoms with E-state index in [0.29, 0.717) is 13.2 Å². The van der Waals surface area contributed by atoms with Gasteiger partial charge >= 0.3 is 5.97 Å². The number of ether oxygens (including phenoxy) is 1. The van der Waals surface area contributed by atoms with Gasteiger partial charge < -0.3 is 19.8 Å². The van der Waals surface area contributed by atoms with Crippen LogP contribution in [-0.4, -0.2) is 65.4 Å². The summed E-state index contributed by atoms with van der Waals surface area (Å²) >= 11 is 0. The fourth-order valence-electron chi connectivity index (χ4n) is 1.31. The van der Waals surface area contributed by atoms with Gasteiger partial charge in [-0.15, -0.1) is 0 Å². The topological polar surface area (TPSA) is 100.0 Å². The SMILES string of the molecule is CN(CCOCCO)C(=O)c1ccc(C(=O)O)cn1. The second-order valence-corrected chi connectivity index (χ2v) is 3.80. The minimum absolute atomic E-state index is 0.0329. The number of aromatic nitrogens is 1. The van der Waals surface area contributed by atoms with Crippen LogP contribution in [0.2, 0.25) is 0 Å². The Balaban J connectivity index is 2.54. The van der Waals surface area contributed by atoms with Crippen molar-refractivity contribution in [2.24, 2.45) is 0 Å². The van der Waals surface area contributed by atoms with Crippen LogP contribution in [0.3, 0.4) is 0 Å². The molecule has 0 aliphatic rings. The van der Waals surface area contributed by atoms with Crippen LogP contribution in [0.5, 0.6) is 0 Å². The lowest BCUT2D eigenvalue weighted by Crippen LogP contribution is -2.31. The largest absolute Gasteiger partial charge is 0.478 e. The smallest absolute Gasteiger partial charge is 0.337 e. The molecule has 0 bridgehead atoms. The highest BCUT2D eigenvalue weighted by atomic mass is 16.5. The van der Waals surface area contributed by atoms with Gasteiger partial charge in [-0.05, 0) is 12.1 Å². The molecule has 1 aromatic rings. The molecule has 0 aliphatic heterocycles. The van der Waals surface area contributed by atoms with Crippen molar-refractivity contribution >= 4 is 11.9 Å². The Bertz CT molecular complexity index is 432. The maximum Gasteiger partial charge on any atom is 0.337 e. The number of rotatable bonds is 7. The number of pyridine rings is 1. The quantitative estimate of drug-likeness (QED) is 0.668. The Labute approximate surface area is 110 Å². The van der Waals surface area contributed by atoms with Crippen molar-refractivity contribution in [3.63, 3.8) is 0 Å². The van der Waals surface area contributed by atoms with Gasteiger partial charge in [0.2, 0.25) is 0 Å². The lowest BCUT2D eigenvalue weighted by atomic mass is 10.2. The molecule has 0 atom stereocenters. The third-order valence-corrected chi connectivity index (χ3v) is 2.38. The van der Waals surface area contributed by atoms with Gasteiger partial charge in [0, 0.05) is 19.8 Å². The molecule has 7 nitrogen and oxygen atoms in total. The molecule has 2 N–H and O–H groups in total. The molecule has 7 heteroatoms. The number of hydrogen-bond donors (Lipinski definition) is 2. The average Bonchev–Trinajstić information content (AvgIpc) is 2.42. The first-order chi connectivity index (χ1) is 9.06. The van der Waals surface area contributed by atoms with Crippen molar-refractivity contribution in [1.29, 1.82) is 0 Å². The highest BCUT2D eigenvalue weighted by molar-refractivity contribution is 5.93. The summed E-state index contributed by atoms with van der Waals surface area (Å²) in [4.78, 5) is 27.8. The van der Waals surface area contributed by atoms with E-state index in [1.807, 2.05) is 0 Å². The molecule has 0 spiro atoms. The molecular weight excluding hydrogens is 252 g/mol. The zero-order valence-electron chi connectivity index (χ0n) is 10.6. The number of hydrogen-bond acceptors (Lipinski definition) is 5. The molecule has 1 rings (SSSR count). The number of carbonyl (C=O) groups is 2. The van der Waals surface area contributed by atoms with Crippen LogP contribution in [0, 0.1) is 0 Å². The van der Waals surface area contributed by atoms with Gasteiger partial charge in [0.25, 0.3) is 5.91 Å². The minimum Gasteiger partial charge on any atom is -0.478 e. The highest BCUT2D eigenvalue weighted by Crippen LogP contribution is 2.03. The van der Waals surface area contributed by atoms with Crippen molar-refractivity contribution in [3.8, 4) is 0 Å². The van der Waals surface area contributed by atoms with E-state index < -0.39 is 5.97 Å². The number of aliphatic hydroxyl groups is 1. The third-order valence-electron chi connectivity index (χ3n) is 2.38. The maximum absolute atomic E-state index is 11.9. The van der Waals surface area contributed by atoms with Crippen molar-refractivity contribution in [3.05, 3.63) is 29.6 Å². The third kappa shape index (κ3) is 4.65. The molecule has 0 unspecified atom stereocenters. The lowest BCUT2D eigenvalue weighted by Gasteiger charge is -2.16. The molecule has 0 fully saturated rings. The number of carboxylic acids is 1.